The number of carboxylic acid groups (broad SMARTS) is 1. The van der Waals surface area contributed by atoms with Gasteiger partial charge in [0, 0.05) is 17.5 Å². The van der Waals surface area contributed by atoms with Crippen LogP contribution in [0.1, 0.15) is 57.5 Å². The van der Waals surface area contributed by atoms with Crippen molar-refractivity contribution in [2.75, 3.05) is 24.7 Å². The minimum atomic E-state index is -2.46. The molecule has 0 amide bonds. The first-order chi connectivity index (χ1) is 21.1. The third kappa shape index (κ3) is 10.4. The zero-order valence-corrected chi connectivity index (χ0v) is 23.7. The fraction of sp³-hybridized carbons (Fsp3) is 0.281. The Morgan fingerprint density at radius 1 is 0.886 bits per heavy atom. The number of benzene rings is 3. The van der Waals surface area contributed by atoms with Gasteiger partial charge in [-0.3, -0.25) is 0 Å². The number of carbonyl (C=O) groups is 3. The first-order valence-electron chi connectivity index (χ1n) is 13.8. The van der Waals surface area contributed by atoms with Gasteiger partial charge in [0.2, 0.25) is 0 Å². The van der Waals surface area contributed by atoms with Crippen LogP contribution in [0.2, 0.25) is 0 Å². The van der Waals surface area contributed by atoms with E-state index in [2.05, 4.69) is 4.74 Å². The average Bonchev–Trinajstić information content (AvgIpc) is 3.00. The smallest absolute Gasteiger partial charge is 0.343 e. The first kappa shape index (κ1) is 33.5. The number of rotatable bonds is 16. The van der Waals surface area contributed by atoms with Crippen LogP contribution in [0.5, 0.6) is 11.5 Å². The number of nitrogens with two attached hydrogens (primary N) is 2. The number of aromatic carboxylic acids is 1. The molecular formula is C32H33F3N2O7. The van der Waals surface area contributed by atoms with Gasteiger partial charge >= 0.3 is 17.9 Å². The molecule has 234 valence electrons. The van der Waals surface area contributed by atoms with Crippen molar-refractivity contribution >= 4 is 35.4 Å². The van der Waals surface area contributed by atoms with Crippen LogP contribution >= 0.6 is 0 Å². The van der Waals surface area contributed by atoms with Crippen LogP contribution in [0.15, 0.2) is 66.7 Å². The van der Waals surface area contributed by atoms with Gasteiger partial charge in [0.25, 0.3) is 6.36 Å². The summed E-state index contributed by atoms with van der Waals surface area (Å²) in [6.07, 6.45) is 1.41. The highest BCUT2D eigenvalue weighted by molar-refractivity contribution is 5.93. The maximum Gasteiger partial charge on any atom is 0.343 e. The van der Waals surface area contributed by atoms with E-state index in [1.54, 1.807) is 24.3 Å². The molecule has 2 atom stereocenters. The van der Waals surface area contributed by atoms with E-state index in [-0.39, 0.29) is 29.2 Å². The lowest BCUT2D eigenvalue weighted by Gasteiger charge is -2.13. The molecule has 0 radical (unpaired) electrons. The molecule has 0 spiro atoms. The Morgan fingerprint density at radius 3 is 2.20 bits per heavy atom. The van der Waals surface area contributed by atoms with Gasteiger partial charge in [-0.1, -0.05) is 25.0 Å². The van der Waals surface area contributed by atoms with Gasteiger partial charge in [-0.15, -0.1) is 0 Å². The zero-order valence-electron chi connectivity index (χ0n) is 23.7. The van der Waals surface area contributed by atoms with E-state index in [9.17, 15) is 32.7 Å². The third-order valence-corrected chi connectivity index (χ3v) is 6.38. The number of halogens is 3. The van der Waals surface area contributed by atoms with Crippen molar-refractivity contribution in [2.24, 2.45) is 0 Å². The van der Waals surface area contributed by atoms with Crippen molar-refractivity contribution in [2.45, 2.75) is 44.6 Å². The molecule has 44 heavy (non-hydrogen) atoms. The predicted octanol–water partition coefficient (Wildman–Crippen LogP) is 6.11. The Labute approximate surface area is 252 Å². The lowest BCUT2D eigenvalue weighted by Crippen LogP contribution is -2.25. The Bertz CT molecular complexity index is 1450. The van der Waals surface area contributed by atoms with E-state index in [1.165, 1.54) is 48.5 Å². The van der Waals surface area contributed by atoms with E-state index < -0.39 is 37.1 Å². The van der Waals surface area contributed by atoms with Gasteiger partial charge in [-0.2, -0.15) is 4.39 Å². The number of anilines is 2. The molecule has 3 rings (SSSR count). The zero-order chi connectivity index (χ0) is 32.1. The maximum absolute atomic E-state index is 13.4. The van der Waals surface area contributed by atoms with Crippen LogP contribution in [-0.4, -0.2) is 48.8 Å². The van der Waals surface area contributed by atoms with E-state index in [4.69, 9.17) is 20.9 Å². The highest BCUT2D eigenvalue weighted by atomic mass is 19.2. The lowest BCUT2D eigenvalue weighted by atomic mass is 9.98. The quantitative estimate of drug-likeness (QED) is 0.0571. The second kappa shape index (κ2) is 16.6. The predicted molar refractivity (Wildman–Crippen MR) is 159 cm³/mol. The van der Waals surface area contributed by atoms with E-state index in [1.807, 2.05) is 0 Å². The fourth-order valence-corrected chi connectivity index (χ4v) is 4.09. The molecule has 0 aliphatic rings. The normalized spacial score (nSPS) is 12.4. The Balaban J connectivity index is 1.35. The first-order valence-corrected chi connectivity index (χ1v) is 13.8. The van der Waals surface area contributed by atoms with Crippen LogP contribution in [-0.2, 0) is 16.0 Å². The summed E-state index contributed by atoms with van der Waals surface area (Å²) in [5.41, 5.74) is 13.8. The summed E-state index contributed by atoms with van der Waals surface area (Å²) in [5, 5.41) is 9.37. The number of carboxylic acids is 1. The van der Waals surface area contributed by atoms with Crippen LogP contribution < -0.4 is 20.9 Å². The monoisotopic (exact) mass is 614 g/mol. The highest BCUT2D eigenvalue weighted by Gasteiger charge is 2.22. The molecule has 0 heterocycles. The van der Waals surface area contributed by atoms with Gasteiger partial charge in [-0.05, 0) is 85.0 Å². The van der Waals surface area contributed by atoms with Gasteiger partial charge < -0.3 is 30.8 Å². The van der Waals surface area contributed by atoms with Crippen molar-refractivity contribution in [1.82, 2.24) is 0 Å². The highest BCUT2D eigenvalue weighted by Crippen LogP contribution is 2.24. The molecule has 0 bridgehead atoms. The van der Waals surface area contributed by atoms with Crippen LogP contribution in [0, 0.1) is 0 Å². The van der Waals surface area contributed by atoms with Crippen molar-refractivity contribution in [3.63, 3.8) is 0 Å². The van der Waals surface area contributed by atoms with Crippen molar-refractivity contribution in [1.29, 1.82) is 0 Å². The molecule has 5 N–H and O–H groups in total. The number of nitrogen functional groups attached to an aromatic ring is 2. The average molecular weight is 615 g/mol. The largest absolute Gasteiger partial charge is 0.478 e. The van der Waals surface area contributed by atoms with E-state index in [0.29, 0.717) is 35.3 Å². The van der Waals surface area contributed by atoms with Crippen LogP contribution in [0.25, 0.3) is 6.08 Å². The Hall–Kier alpha value is -5.00. The molecule has 0 saturated carbocycles. The molecule has 2 unspecified atom stereocenters. The van der Waals surface area contributed by atoms with E-state index in [0.717, 1.165) is 19.3 Å². The fourth-order valence-electron chi connectivity index (χ4n) is 4.09. The molecule has 3 aromatic rings. The van der Waals surface area contributed by atoms with Gasteiger partial charge in [0.05, 0.1) is 17.7 Å². The molecule has 0 saturated heterocycles. The minimum absolute atomic E-state index is 0.0751. The number of alkyl halides is 3. The topological polar surface area (TPSA) is 151 Å². The van der Waals surface area contributed by atoms with E-state index >= 15 is 0 Å². The Kier molecular flexibility index (Phi) is 12.6. The number of ether oxygens (including phenoxy) is 3. The van der Waals surface area contributed by atoms with Crippen molar-refractivity contribution in [3.05, 3.63) is 89.0 Å². The van der Waals surface area contributed by atoms with Gasteiger partial charge in [0.1, 0.15) is 18.2 Å². The number of unbranched alkanes of at least 4 members (excludes halogenated alkanes) is 3. The van der Waals surface area contributed by atoms with Crippen LogP contribution in [0.4, 0.5) is 24.5 Å². The Morgan fingerprint density at radius 2 is 1.55 bits per heavy atom. The summed E-state index contributed by atoms with van der Waals surface area (Å²) in [7, 11) is 0. The van der Waals surface area contributed by atoms with Crippen molar-refractivity contribution in [3.8, 4) is 11.5 Å². The summed E-state index contributed by atoms with van der Waals surface area (Å²) >= 11 is 0. The molecule has 0 aliphatic heterocycles. The molecular weight excluding hydrogens is 581 g/mol. The lowest BCUT2D eigenvalue weighted by molar-refractivity contribution is -0.137. The molecule has 12 heteroatoms. The summed E-state index contributed by atoms with van der Waals surface area (Å²) < 4.78 is 53.7. The molecule has 9 nitrogen and oxygen atoms in total. The molecule has 0 fully saturated rings. The van der Waals surface area contributed by atoms with Crippen molar-refractivity contribution < 1.29 is 46.9 Å². The third-order valence-electron chi connectivity index (χ3n) is 6.38. The second-order valence-electron chi connectivity index (χ2n) is 9.73. The minimum Gasteiger partial charge on any atom is -0.478 e. The molecule has 0 aliphatic carbocycles. The summed E-state index contributed by atoms with van der Waals surface area (Å²) in [6, 6.07) is 14.3. The number of hydrogen-bond acceptors (Lipinski definition) is 8. The second-order valence-corrected chi connectivity index (χ2v) is 9.73. The maximum atomic E-state index is 13.4. The molecule has 3 aromatic carbocycles. The number of hydrogen-bond donors (Lipinski definition) is 3. The number of carbonyl (C=O) groups excluding carboxylic acids is 2. The van der Waals surface area contributed by atoms with Gasteiger partial charge in [0.15, 0.2) is 6.17 Å². The number of esters is 2. The SMILES string of the molecule is Nc1cc(N)c(CCCCCCOC(=O)/C=C/c2ccc(OC(=O)c3ccc(OC(F)C(F)CF)cc3)cc2)c(C(=O)O)c1. The van der Waals surface area contributed by atoms with Gasteiger partial charge in [-0.25, -0.2) is 23.2 Å². The van der Waals surface area contributed by atoms with Crippen LogP contribution in [0.3, 0.4) is 0 Å². The summed E-state index contributed by atoms with van der Waals surface area (Å²) in [5.74, 6) is -2.13. The molecule has 0 aromatic heterocycles. The standard InChI is InChI=1S/C32H33F3N2O7/c33-19-27(34)30(35)43-23-13-9-21(10-14-23)32(41)44-24-11-6-20(7-12-24)8-15-29(38)42-16-4-2-1-3-5-25-26(31(39)40)17-22(36)18-28(25)37/h6-15,17-18,27,30H,1-5,16,19,36-37H2,(H,39,40)/b15-8+. The summed E-state index contributed by atoms with van der Waals surface area (Å²) in [6.45, 7) is -1.28. The summed E-state index contributed by atoms with van der Waals surface area (Å²) in [4.78, 5) is 35.8.